The Kier molecular flexibility index (Phi) is 9.64. The summed E-state index contributed by atoms with van der Waals surface area (Å²) in [5, 5.41) is 13.5. The summed E-state index contributed by atoms with van der Waals surface area (Å²) in [6, 6.07) is 13.7. The molecule has 1 saturated carbocycles. The maximum atomic E-state index is 12.8. The second-order valence-electron chi connectivity index (χ2n) is 9.23. The Morgan fingerprint density at radius 2 is 1.75 bits per heavy atom. The molecule has 0 aromatic heterocycles. The van der Waals surface area contributed by atoms with E-state index in [1.807, 2.05) is 30.3 Å². The SMILES string of the molecule is C[C@H](CC(=N)C1CCC(OCc2ccccc2)CC1)NC(=O)CNC(=O)c1cccc(C(F)(F)F)c1. The molecule has 9 heteroatoms. The van der Waals surface area contributed by atoms with Crippen LogP contribution in [0.1, 0.15) is 60.5 Å². The van der Waals surface area contributed by atoms with Crippen LogP contribution in [0.2, 0.25) is 0 Å². The molecule has 1 aliphatic carbocycles. The number of hydrogen-bond acceptors (Lipinski definition) is 4. The molecule has 0 heterocycles. The van der Waals surface area contributed by atoms with E-state index in [1.54, 1.807) is 6.92 Å². The van der Waals surface area contributed by atoms with E-state index in [1.165, 1.54) is 6.07 Å². The van der Waals surface area contributed by atoms with Gasteiger partial charge in [-0.25, -0.2) is 0 Å². The number of halogens is 3. The van der Waals surface area contributed by atoms with Crippen molar-refractivity contribution in [2.45, 2.75) is 64.0 Å². The van der Waals surface area contributed by atoms with E-state index in [-0.39, 0.29) is 30.2 Å². The zero-order valence-electron chi connectivity index (χ0n) is 20.2. The number of benzene rings is 2. The van der Waals surface area contributed by atoms with Gasteiger partial charge in [0.2, 0.25) is 5.91 Å². The first-order chi connectivity index (χ1) is 17.1. The van der Waals surface area contributed by atoms with Crippen LogP contribution in [0, 0.1) is 11.3 Å². The van der Waals surface area contributed by atoms with Gasteiger partial charge >= 0.3 is 6.18 Å². The van der Waals surface area contributed by atoms with Crippen LogP contribution in [0.3, 0.4) is 0 Å². The quantitative estimate of drug-likeness (QED) is 0.393. The minimum absolute atomic E-state index is 0.154. The molecule has 0 spiro atoms. The van der Waals surface area contributed by atoms with Gasteiger partial charge in [0.1, 0.15) is 0 Å². The van der Waals surface area contributed by atoms with Crippen LogP contribution >= 0.6 is 0 Å². The second kappa shape index (κ2) is 12.7. The summed E-state index contributed by atoms with van der Waals surface area (Å²) >= 11 is 0. The van der Waals surface area contributed by atoms with Gasteiger partial charge in [-0.2, -0.15) is 13.2 Å². The fourth-order valence-corrected chi connectivity index (χ4v) is 4.34. The lowest BCUT2D eigenvalue weighted by molar-refractivity contribution is -0.137. The highest BCUT2D eigenvalue weighted by Crippen LogP contribution is 2.30. The van der Waals surface area contributed by atoms with Gasteiger partial charge in [-0.3, -0.25) is 9.59 Å². The zero-order chi connectivity index (χ0) is 26.1. The highest BCUT2D eigenvalue weighted by atomic mass is 19.4. The molecule has 1 atom stereocenters. The summed E-state index contributed by atoms with van der Waals surface area (Å²) in [6.45, 7) is 2.01. The van der Waals surface area contributed by atoms with Crippen LogP contribution in [0.15, 0.2) is 54.6 Å². The molecule has 0 radical (unpaired) electrons. The van der Waals surface area contributed by atoms with Crippen molar-refractivity contribution < 1.29 is 27.5 Å². The maximum Gasteiger partial charge on any atom is 0.416 e. The van der Waals surface area contributed by atoms with Crippen molar-refractivity contribution in [1.82, 2.24) is 10.6 Å². The molecule has 0 aliphatic heterocycles. The summed E-state index contributed by atoms with van der Waals surface area (Å²) in [6.07, 6.45) is -0.454. The first-order valence-corrected chi connectivity index (χ1v) is 12.1. The molecule has 6 nitrogen and oxygen atoms in total. The first kappa shape index (κ1) is 27.4. The van der Waals surface area contributed by atoms with Crippen molar-refractivity contribution in [2.24, 2.45) is 5.92 Å². The van der Waals surface area contributed by atoms with Gasteiger partial charge in [-0.05, 0) is 62.3 Å². The van der Waals surface area contributed by atoms with Gasteiger partial charge in [-0.15, -0.1) is 0 Å². The topological polar surface area (TPSA) is 91.3 Å². The van der Waals surface area contributed by atoms with Crippen LogP contribution in [-0.2, 0) is 22.3 Å². The summed E-state index contributed by atoms with van der Waals surface area (Å²) in [4.78, 5) is 24.4. The van der Waals surface area contributed by atoms with Crippen LogP contribution in [-0.4, -0.2) is 36.2 Å². The van der Waals surface area contributed by atoms with E-state index >= 15 is 0 Å². The zero-order valence-corrected chi connectivity index (χ0v) is 20.2. The van der Waals surface area contributed by atoms with E-state index in [0.717, 1.165) is 49.4 Å². The third kappa shape index (κ3) is 8.48. The fraction of sp³-hybridized carbons (Fsp3) is 0.444. The lowest BCUT2D eigenvalue weighted by atomic mass is 9.82. The Morgan fingerprint density at radius 1 is 1.06 bits per heavy atom. The van der Waals surface area contributed by atoms with Gasteiger partial charge in [0.25, 0.3) is 5.91 Å². The highest BCUT2D eigenvalue weighted by Gasteiger charge is 2.31. The van der Waals surface area contributed by atoms with E-state index in [4.69, 9.17) is 10.1 Å². The van der Waals surface area contributed by atoms with E-state index in [9.17, 15) is 22.8 Å². The first-order valence-electron chi connectivity index (χ1n) is 12.1. The highest BCUT2D eigenvalue weighted by molar-refractivity contribution is 5.96. The molecule has 0 unspecified atom stereocenters. The molecule has 0 bridgehead atoms. The number of carbonyl (C=O) groups excluding carboxylic acids is 2. The predicted molar refractivity (Wildman–Crippen MR) is 131 cm³/mol. The minimum Gasteiger partial charge on any atom is -0.374 e. The van der Waals surface area contributed by atoms with Crippen LogP contribution < -0.4 is 10.6 Å². The van der Waals surface area contributed by atoms with Crippen LogP contribution in [0.5, 0.6) is 0 Å². The molecule has 2 amide bonds. The Labute approximate surface area is 209 Å². The summed E-state index contributed by atoms with van der Waals surface area (Å²) in [5.74, 6) is -1.07. The smallest absolute Gasteiger partial charge is 0.374 e. The number of rotatable bonds is 10. The molecule has 194 valence electrons. The Bertz CT molecular complexity index is 1040. The van der Waals surface area contributed by atoms with E-state index < -0.39 is 23.6 Å². The molecule has 3 N–H and O–H groups in total. The van der Waals surface area contributed by atoms with Gasteiger partial charge in [0.05, 0.1) is 24.8 Å². The number of carbonyl (C=O) groups is 2. The Balaban J connectivity index is 1.35. The van der Waals surface area contributed by atoms with Crippen molar-refractivity contribution in [3.05, 3.63) is 71.3 Å². The summed E-state index contributed by atoms with van der Waals surface area (Å²) in [7, 11) is 0. The normalized spacial score (nSPS) is 18.8. The molecule has 36 heavy (non-hydrogen) atoms. The third-order valence-electron chi connectivity index (χ3n) is 6.29. The third-order valence-corrected chi connectivity index (χ3v) is 6.29. The molecule has 2 aromatic rings. The largest absolute Gasteiger partial charge is 0.416 e. The van der Waals surface area contributed by atoms with Crippen molar-refractivity contribution in [2.75, 3.05) is 6.54 Å². The number of amides is 2. The van der Waals surface area contributed by atoms with Gasteiger partial charge in [0.15, 0.2) is 0 Å². The van der Waals surface area contributed by atoms with Crippen molar-refractivity contribution >= 4 is 17.5 Å². The number of nitrogens with one attached hydrogen (secondary N) is 3. The molecule has 3 rings (SSSR count). The van der Waals surface area contributed by atoms with Crippen molar-refractivity contribution in [3.63, 3.8) is 0 Å². The molecule has 0 saturated heterocycles. The van der Waals surface area contributed by atoms with Crippen LogP contribution in [0.25, 0.3) is 0 Å². The van der Waals surface area contributed by atoms with E-state index in [0.29, 0.717) is 18.7 Å². The Morgan fingerprint density at radius 3 is 2.42 bits per heavy atom. The monoisotopic (exact) mass is 503 g/mol. The minimum atomic E-state index is -4.55. The average Bonchev–Trinajstić information content (AvgIpc) is 2.86. The van der Waals surface area contributed by atoms with Gasteiger partial charge < -0.3 is 20.8 Å². The number of alkyl halides is 3. The predicted octanol–water partition coefficient (Wildman–Crippen LogP) is 5.13. The fourth-order valence-electron chi connectivity index (χ4n) is 4.34. The molecule has 1 fully saturated rings. The molecular weight excluding hydrogens is 471 g/mol. The average molecular weight is 504 g/mol. The van der Waals surface area contributed by atoms with E-state index in [2.05, 4.69) is 10.6 Å². The number of ether oxygens (including phenoxy) is 1. The molecule has 1 aliphatic rings. The second-order valence-corrected chi connectivity index (χ2v) is 9.23. The van der Waals surface area contributed by atoms with Crippen molar-refractivity contribution in [1.29, 1.82) is 5.41 Å². The van der Waals surface area contributed by atoms with Gasteiger partial charge in [0, 0.05) is 23.7 Å². The number of hydrogen-bond donors (Lipinski definition) is 3. The lowest BCUT2D eigenvalue weighted by Crippen LogP contribution is -2.42. The Hall–Kier alpha value is -3.20. The molecule has 2 aromatic carbocycles. The summed E-state index contributed by atoms with van der Waals surface area (Å²) < 4.78 is 44.5. The van der Waals surface area contributed by atoms with Crippen molar-refractivity contribution in [3.8, 4) is 0 Å². The summed E-state index contributed by atoms with van der Waals surface area (Å²) in [5.41, 5.74) is 0.625. The van der Waals surface area contributed by atoms with Gasteiger partial charge in [-0.1, -0.05) is 36.4 Å². The standard InChI is InChI=1S/C27H32F3N3O3/c1-18(33-25(34)16-32-26(35)21-8-5-9-22(15-21)27(28,29)30)14-24(31)20-10-12-23(13-11-20)36-17-19-6-3-2-4-7-19/h2-9,15,18,20,23,31H,10-14,16-17H2,1H3,(H,32,35)(H,33,34)/t18-,20?,23?/m1/s1. The lowest BCUT2D eigenvalue weighted by Gasteiger charge is -2.30. The molecular formula is C27H32F3N3O3. The maximum absolute atomic E-state index is 12.8. The van der Waals surface area contributed by atoms with Crippen LogP contribution in [0.4, 0.5) is 13.2 Å².